The molecule has 1 heterocycles. The van der Waals surface area contributed by atoms with Crippen molar-refractivity contribution < 1.29 is 8.42 Å². The summed E-state index contributed by atoms with van der Waals surface area (Å²) in [6.45, 7) is 5.43. The molecular formula is C15H20N2O2S2. The van der Waals surface area contributed by atoms with Crippen LogP contribution in [0.2, 0.25) is 0 Å². The molecule has 3 N–H and O–H groups in total. The van der Waals surface area contributed by atoms with Crippen LogP contribution in [-0.4, -0.2) is 14.5 Å². The van der Waals surface area contributed by atoms with Crippen molar-refractivity contribution in [1.29, 1.82) is 0 Å². The number of sulfonamides is 1. The SMILES string of the molecule is Cc1ccc(C)c(S(=O)(=O)NC(C)Cc2cccs2)c1N. The van der Waals surface area contributed by atoms with Gasteiger partial charge >= 0.3 is 0 Å². The molecule has 0 bridgehead atoms. The summed E-state index contributed by atoms with van der Waals surface area (Å²) in [6, 6.07) is 7.39. The van der Waals surface area contributed by atoms with Gasteiger partial charge in [-0.3, -0.25) is 0 Å². The molecule has 0 aliphatic heterocycles. The molecule has 0 amide bonds. The Morgan fingerprint density at radius 1 is 1.24 bits per heavy atom. The van der Waals surface area contributed by atoms with Crippen molar-refractivity contribution in [2.75, 3.05) is 5.73 Å². The highest BCUT2D eigenvalue weighted by atomic mass is 32.2. The minimum Gasteiger partial charge on any atom is -0.397 e. The first kappa shape index (κ1) is 16.0. The zero-order chi connectivity index (χ0) is 15.6. The Hall–Kier alpha value is -1.37. The predicted octanol–water partition coefficient (Wildman–Crippen LogP) is 2.86. The van der Waals surface area contributed by atoms with E-state index in [0.717, 1.165) is 10.4 Å². The molecule has 0 spiro atoms. The predicted molar refractivity (Wildman–Crippen MR) is 88.1 cm³/mol. The van der Waals surface area contributed by atoms with Crippen molar-refractivity contribution in [3.05, 3.63) is 45.6 Å². The van der Waals surface area contributed by atoms with Gasteiger partial charge in [0.15, 0.2) is 0 Å². The van der Waals surface area contributed by atoms with Crippen LogP contribution >= 0.6 is 11.3 Å². The number of benzene rings is 1. The zero-order valence-electron chi connectivity index (χ0n) is 12.4. The van der Waals surface area contributed by atoms with E-state index in [1.165, 1.54) is 0 Å². The lowest BCUT2D eigenvalue weighted by Gasteiger charge is -2.17. The molecule has 21 heavy (non-hydrogen) atoms. The van der Waals surface area contributed by atoms with Crippen LogP contribution in [-0.2, 0) is 16.4 Å². The second kappa shape index (κ2) is 6.17. The number of anilines is 1. The van der Waals surface area contributed by atoms with Gasteiger partial charge in [0.25, 0.3) is 0 Å². The third-order valence-corrected chi connectivity index (χ3v) is 6.01. The monoisotopic (exact) mass is 324 g/mol. The van der Waals surface area contributed by atoms with Gasteiger partial charge < -0.3 is 5.73 Å². The van der Waals surface area contributed by atoms with Gasteiger partial charge in [0.05, 0.1) is 5.69 Å². The molecule has 1 unspecified atom stereocenters. The molecule has 1 atom stereocenters. The summed E-state index contributed by atoms with van der Waals surface area (Å²) in [7, 11) is -3.62. The van der Waals surface area contributed by atoms with Crippen molar-refractivity contribution in [3.8, 4) is 0 Å². The van der Waals surface area contributed by atoms with Gasteiger partial charge in [-0.15, -0.1) is 11.3 Å². The molecule has 1 aromatic carbocycles. The average molecular weight is 324 g/mol. The topological polar surface area (TPSA) is 72.2 Å². The van der Waals surface area contributed by atoms with Gasteiger partial charge in [0.2, 0.25) is 10.0 Å². The molecule has 114 valence electrons. The smallest absolute Gasteiger partial charge is 0.243 e. The van der Waals surface area contributed by atoms with Crippen molar-refractivity contribution in [3.63, 3.8) is 0 Å². The second-order valence-electron chi connectivity index (χ2n) is 5.25. The molecule has 4 nitrogen and oxygen atoms in total. The summed E-state index contributed by atoms with van der Waals surface area (Å²) in [5.41, 5.74) is 7.72. The number of nitrogen functional groups attached to an aromatic ring is 1. The van der Waals surface area contributed by atoms with Crippen LogP contribution in [0.4, 0.5) is 5.69 Å². The van der Waals surface area contributed by atoms with Crippen LogP contribution in [0, 0.1) is 13.8 Å². The molecule has 0 fully saturated rings. The van der Waals surface area contributed by atoms with E-state index in [4.69, 9.17) is 5.73 Å². The van der Waals surface area contributed by atoms with E-state index >= 15 is 0 Å². The van der Waals surface area contributed by atoms with Crippen LogP contribution in [0.1, 0.15) is 22.9 Å². The number of rotatable bonds is 5. The minimum absolute atomic E-state index is 0.187. The van der Waals surface area contributed by atoms with E-state index in [9.17, 15) is 8.42 Å². The van der Waals surface area contributed by atoms with Gasteiger partial charge in [-0.1, -0.05) is 18.2 Å². The van der Waals surface area contributed by atoms with Gasteiger partial charge in [-0.05, 0) is 49.8 Å². The maximum Gasteiger partial charge on any atom is 0.243 e. The summed E-state index contributed by atoms with van der Waals surface area (Å²) in [5.74, 6) is 0. The zero-order valence-corrected chi connectivity index (χ0v) is 14.0. The molecule has 0 aliphatic carbocycles. The van der Waals surface area contributed by atoms with Crippen LogP contribution in [0.3, 0.4) is 0 Å². The highest BCUT2D eigenvalue weighted by molar-refractivity contribution is 7.89. The summed E-state index contributed by atoms with van der Waals surface area (Å²) >= 11 is 1.62. The Kier molecular flexibility index (Phi) is 4.70. The Balaban J connectivity index is 2.25. The maximum absolute atomic E-state index is 12.6. The van der Waals surface area contributed by atoms with Crippen molar-refractivity contribution in [1.82, 2.24) is 4.72 Å². The normalized spacial score (nSPS) is 13.3. The van der Waals surface area contributed by atoms with Crippen LogP contribution in [0.25, 0.3) is 0 Å². The molecule has 1 aromatic heterocycles. The first-order chi connectivity index (χ1) is 9.81. The lowest BCUT2D eigenvalue weighted by atomic mass is 10.1. The summed E-state index contributed by atoms with van der Waals surface area (Å²) in [6.07, 6.45) is 0.668. The number of nitrogens with one attached hydrogen (secondary N) is 1. The molecular weight excluding hydrogens is 304 g/mol. The third kappa shape index (κ3) is 3.64. The second-order valence-corrected chi connectivity index (χ2v) is 7.93. The standard InChI is InChI=1S/C15H20N2O2S2/c1-10-6-7-11(2)15(14(10)16)21(18,19)17-12(3)9-13-5-4-8-20-13/h4-8,12,17H,9,16H2,1-3H3. The minimum atomic E-state index is -3.62. The Morgan fingerprint density at radius 2 is 1.90 bits per heavy atom. The number of thiophene rings is 1. The first-order valence-corrected chi connectivity index (χ1v) is 9.08. The number of aryl methyl sites for hydroxylation is 2. The highest BCUT2D eigenvalue weighted by Gasteiger charge is 2.23. The fourth-order valence-electron chi connectivity index (χ4n) is 2.26. The molecule has 0 saturated heterocycles. The fourth-order valence-corrected chi connectivity index (χ4v) is 4.77. The molecule has 0 radical (unpaired) electrons. The number of hydrogen-bond donors (Lipinski definition) is 2. The maximum atomic E-state index is 12.6. The van der Waals surface area contributed by atoms with E-state index in [1.807, 2.05) is 37.4 Å². The van der Waals surface area contributed by atoms with Crippen LogP contribution < -0.4 is 10.5 Å². The van der Waals surface area contributed by atoms with Crippen LogP contribution in [0.15, 0.2) is 34.5 Å². The summed E-state index contributed by atoms with van der Waals surface area (Å²) in [5, 5.41) is 1.99. The molecule has 0 saturated carbocycles. The molecule has 2 aromatic rings. The van der Waals surface area contributed by atoms with Crippen LogP contribution in [0.5, 0.6) is 0 Å². The van der Waals surface area contributed by atoms with E-state index < -0.39 is 10.0 Å². The fraction of sp³-hybridized carbons (Fsp3) is 0.333. The first-order valence-electron chi connectivity index (χ1n) is 6.71. The Labute approximate surface area is 130 Å². The van der Waals surface area contributed by atoms with Gasteiger partial charge in [0, 0.05) is 10.9 Å². The van der Waals surface area contributed by atoms with Crippen molar-refractivity contribution >= 4 is 27.0 Å². The molecule has 2 rings (SSSR count). The van der Waals surface area contributed by atoms with Gasteiger partial charge in [-0.25, -0.2) is 13.1 Å². The van der Waals surface area contributed by atoms with Gasteiger partial charge in [0.1, 0.15) is 4.90 Å². The number of hydrogen-bond acceptors (Lipinski definition) is 4. The lowest BCUT2D eigenvalue weighted by molar-refractivity contribution is 0.560. The number of nitrogens with two attached hydrogens (primary N) is 1. The van der Waals surface area contributed by atoms with Crippen molar-refractivity contribution in [2.24, 2.45) is 0 Å². The lowest BCUT2D eigenvalue weighted by Crippen LogP contribution is -2.34. The van der Waals surface area contributed by atoms with E-state index in [0.29, 0.717) is 17.7 Å². The molecule has 0 aliphatic rings. The highest BCUT2D eigenvalue weighted by Crippen LogP contribution is 2.26. The van der Waals surface area contributed by atoms with Crippen molar-refractivity contribution in [2.45, 2.75) is 38.1 Å². The summed E-state index contributed by atoms with van der Waals surface area (Å²) < 4.78 is 27.9. The average Bonchev–Trinajstić information content (AvgIpc) is 2.85. The Bertz CT molecular complexity index is 722. The molecule has 6 heteroatoms. The van der Waals surface area contributed by atoms with E-state index in [-0.39, 0.29) is 10.9 Å². The summed E-state index contributed by atoms with van der Waals surface area (Å²) in [4.78, 5) is 1.35. The quantitative estimate of drug-likeness (QED) is 0.831. The third-order valence-electron chi connectivity index (χ3n) is 3.32. The largest absolute Gasteiger partial charge is 0.397 e. The van der Waals surface area contributed by atoms with E-state index in [2.05, 4.69) is 4.72 Å². The van der Waals surface area contributed by atoms with Gasteiger partial charge in [-0.2, -0.15) is 0 Å². The Morgan fingerprint density at radius 3 is 2.52 bits per heavy atom. The van der Waals surface area contributed by atoms with E-state index in [1.54, 1.807) is 24.3 Å².